The normalized spacial score (nSPS) is 13.4. The van der Waals surface area contributed by atoms with Gasteiger partial charge in [-0.1, -0.05) is 320 Å². The van der Waals surface area contributed by atoms with E-state index in [1.807, 2.05) is 6.08 Å². The standard InChI is InChI=1S/C63H121NO4/c1-3-5-7-9-11-13-15-17-19-21-23-25-27-28-29-30-31-32-33-34-35-36-38-40-42-44-46-48-50-52-54-56-58-62(67)63(68)64-60(59-65)61(66)57-55-53-51-49-47-45-43-41-39-37-26-24-22-20-18-16-14-12-10-8-6-4-2/h23,25,28-29,55,57,60-62,65-67H,3-22,24,26-27,30-54,56,58-59H2,1-2H3,(H,64,68)/b25-23-,29-28-,57-55+. The van der Waals surface area contributed by atoms with E-state index in [1.54, 1.807) is 6.08 Å². The molecule has 0 bridgehead atoms. The molecular weight excluding hydrogens is 835 g/mol. The van der Waals surface area contributed by atoms with Crippen LogP contribution in [0.1, 0.15) is 335 Å². The van der Waals surface area contributed by atoms with Gasteiger partial charge in [0.05, 0.1) is 18.8 Å². The summed E-state index contributed by atoms with van der Waals surface area (Å²) >= 11 is 0. The van der Waals surface area contributed by atoms with E-state index >= 15 is 0 Å². The van der Waals surface area contributed by atoms with E-state index in [1.165, 1.54) is 276 Å². The smallest absolute Gasteiger partial charge is 0.249 e. The Morgan fingerprint density at radius 2 is 0.632 bits per heavy atom. The van der Waals surface area contributed by atoms with Gasteiger partial charge >= 0.3 is 0 Å². The van der Waals surface area contributed by atoms with Gasteiger partial charge in [-0.2, -0.15) is 0 Å². The number of unbranched alkanes of at least 4 members (excludes halogenated alkanes) is 45. The van der Waals surface area contributed by atoms with Gasteiger partial charge < -0.3 is 20.6 Å². The van der Waals surface area contributed by atoms with E-state index in [9.17, 15) is 20.1 Å². The third-order valence-electron chi connectivity index (χ3n) is 14.5. The van der Waals surface area contributed by atoms with Crippen molar-refractivity contribution in [2.45, 2.75) is 353 Å². The molecule has 4 N–H and O–H groups in total. The first kappa shape index (κ1) is 66.6. The van der Waals surface area contributed by atoms with Crippen LogP contribution in [0.2, 0.25) is 0 Å². The predicted octanol–water partition coefficient (Wildman–Crippen LogP) is 19.4. The number of aliphatic hydroxyl groups excluding tert-OH is 3. The zero-order chi connectivity index (χ0) is 49.3. The Morgan fingerprint density at radius 1 is 0.368 bits per heavy atom. The molecule has 1 amide bonds. The Labute approximate surface area is 425 Å². The van der Waals surface area contributed by atoms with Crippen molar-refractivity contribution in [3.05, 3.63) is 36.5 Å². The van der Waals surface area contributed by atoms with E-state index in [2.05, 4.69) is 43.5 Å². The van der Waals surface area contributed by atoms with Gasteiger partial charge in [-0.3, -0.25) is 4.79 Å². The van der Waals surface area contributed by atoms with E-state index in [0.29, 0.717) is 6.42 Å². The van der Waals surface area contributed by atoms with Gasteiger partial charge in [0.1, 0.15) is 6.10 Å². The van der Waals surface area contributed by atoms with Crippen LogP contribution in [-0.4, -0.2) is 46.1 Å². The summed E-state index contributed by atoms with van der Waals surface area (Å²) in [6.45, 7) is 4.22. The molecule has 0 aliphatic carbocycles. The average Bonchev–Trinajstić information content (AvgIpc) is 3.34. The first-order chi connectivity index (χ1) is 33.6. The first-order valence-electron chi connectivity index (χ1n) is 30.8. The van der Waals surface area contributed by atoms with Crippen molar-refractivity contribution in [3.8, 4) is 0 Å². The van der Waals surface area contributed by atoms with Gasteiger partial charge in [0.2, 0.25) is 5.91 Å². The molecule has 5 nitrogen and oxygen atoms in total. The van der Waals surface area contributed by atoms with Crippen molar-refractivity contribution in [1.29, 1.82) is 0 Å². The summed E-state index contributed by atoms with van der Waals surface area (Å²) in [6, 6.07) is -0.798. The van der Waals surface area contributed by atoms with Crippen LogP contribution in [-0.2, 0) is 4.79 Å². The van der Waals surface area contributed by atoms with Gasteiger partial charge in [0.15, 0.2) is 0 Å². The number of aliphatic hydroxyl groups is 3. The molecule has 0 aliphatic rings. The molecule has 0 aliphatic heterocycles. The molecule has 0 spiro atoms. The predicted molar refractivity (Wildman–Crippen MR) is 301 cm³/mol. The minimum atomic E-state index is -1.10. The lowest BCUT2D eigenvalue weighted by Crippen LogP contribution is -2.48. The minimum Gasteiger partial charge on any atom is -0.394 e. The number of hydrogen-bond acceptors (Lipinski definition) is 4. The Kier molecular flexibility index (Phi) is 56.9. The Balaban J connectivity index is 3.53. The third-order valence-corrected chi connectivity index (χ3v) is 14.5. The topological polar surface area (TPSA) is 89.8 Å². The molecule has 3 unspecified atom stereocenters. The molecule has 0 aromatic heterocycles. The lowest BCUT2D eigenvalue weighted by molar-refractivity contribution is -0.131. The number of carbonyl (C=O) groups is 1. The van der Waals surface area contributed by atoms with Crippen LogP contribution in [0.4, 0.5) is 0 Å². The van der Waals surface area contributed by atoms with Crippen LogP contribution in [0.15, 0.2) is 36.5 Å². The molecule has 0 aromatic rings. The fourth-order valence-corrected chi connectivity index (χ4v) is 9.69. The summed E-state index contributed by atoms with van der Waals surface area (Å²) in [6.07, 6.45) is 76.7. The molecule has 3 atom stereocenters. The fraction of sp³-hybridized carbons (Fsp3) is 0.889. The highest BCUT2D eigenvalue weighted by Crippen LogP contribution is 2.18. The SMILES string of the molecule is CCCCCCCCCCC/C=C\C/C=C\CCCCCCCCCCCCCCCCCCC(O)C(=O)NC(CO)C(O)/C=C/CCCCCCCCCCCCCCCCCCCCCC. The lowest BCUT2D eigenvalue weighted by Gasteiger charge is -2.21. The van der Waals surface area contributed by atoms with E-state index in [4.69, 9.17) is 0 Å². The Morgan fingerprint density at radius 3 is 0.926 bits per heavy atom. The summed E-state index contributed by atoms with van der Waals surface area (Å²) in [4.78, 5) is 12.6. The first-order valence-corrected chi connectivity index (χ1v) is 30.8. The highest BCUT2D eigenvalue weighted by molar-refractivity contribution is 5.80. The third kappa shape index (κ3) is 52.4. The van der Waals surface area contributed by atoms with Crippen molar-refractivity contribution < 1.29 is 20.1 Å². The molecule has 0 fully saturated rings. The maximum Gasteiger partial charge on any atom is 0.249 e. The van der Waals surface area contributed by atoms with Crippen LogP contribution >= 0.6 is 0 Å². The number of hydrogen-bond donors (Lipinski definition) is 4. The van der Waals surface area contributed by atoms with Crippen LogP contribution in [0, 0.1) is 0 Å². The molecule has 0 saturated carbocycles. The maximum absolute atomic E-state index is 12.6. The van der Waals surface area contributed by atoms with Gasteiger partial charge in [0.25, 0.3) is 0 Å². The summed E-state index contributed by atoms with van der Waals surface area (Å²) in [7, 11) is 0. The van der Waals surface area contributed by atoms with E-state index in [0.717, 1.165) is 38.5 Å². The highest BCUT2D eigenvalue weighted by atomic mass is 16.3. The summed E-state index contributed by atoms with van der Waals surface area (Å²) in [5.41, 5.74) is 0. The fourth-order valence-electron chi connectivity index (χ4n) is 9.69. The highest BCUT2D eigenvalue weighted by Gasteiger charge is 2.22. The average molecular weight is 957 g/mol. The van der Waals surface area contributed by atoms with E-state index in [-0.39, 0.29) is 6.61 Å². The van der Waals surface area contributed by atoms with Crippen LogP contribution in [0.5, 0.6) is 0 Å². The molecule has 402 valence electrons. The Hall–Kier alpha value is -1.43. The number of allylic oxidation sites excluding steroid dienone is 5. The number of amides is 1. The molecule has 68 heavy (non-hydrogen) atoms. The van der Waals surface area contributed by atoms with Gasteiger partial charge in [0, 0.05) is 0 Å². The minimum absolute atomic E-state index is 0.361. The quantitative estimate of drug-likeness (QED) is 0.0361. The zero-order valence-electron chi connectivity index (χ0n) is 46.0. The second kappa shape index (κ2) is 58.1. The second-order valence-electron chi connectivity index (χ2n) is 21.3. The maximum atomic E-state index is 12.6. The molecule has 0 radical (unpaired) electrons. The van der Waals surface area contributed by atoms with Gasteiger partial charge in [-0.15, -0.1) is 0 Å². The monoisotopic (exact) mass is 956 g/mol. The van der Waals surface area contributed by atoms with Crippen LogP contribution < -0.4 is 5.32 Å². The van der Waals surface area contributed by atoms with Crippen molar-refractivity contribution in [2.75, 3.05) is 6.61 Å². The van der Waals surface area contributed by atoms with Crippen LogP contribution in [0.25, 0.3) is 0 Å². The van der Waals surface area contributed by atoms with Crippen molar-refractivity contribution >= 4 is 5.91 Å². The van der Waals surface area contributed by atoms with Crippen LogP contribution in [0.3, 0.4) is 0 Å². The van der Waals surface area contributed by atoms with Gasteiger partial charge in [-0.05, 0) is 51.4 Å². The molecule has 0 aromatic carbocycles. The van der Waals surface area contributed by atoms with E-state index < -0.39 is 24.2 Å². The second-order valence-corrected chi connectivity index (χ2v) is 21.3. The lowest BCUT2D eigenvalue weighted by atomic mass is 10.0. The number of rotatable bonds is 57. The van der Waals surface area contributed by atoms with Crippen molar-refractivity contribution in [3.63, 3.8) is 0 Å². The molecule has 5 heteroatoms. The summed E-state index contributed by atoms with van der Waals surface area (Å²) in [5.74, 6) is -0.498. The zero-order valence-corrected chi connectivity index (χ0v) is 46.0. The largest absolute Gasteiger partial charge is 0.394 e. The molecule has 0 rings (SSSR count). The summed E-state index contributed by atoms with van der Waals surface area (Å²) < 4.78 is 0. The molecule has 0 heterocycles. The molecular formula is C63H121NO4. The van der Waals surface area contributed by atoms with Crippen molar-refractivity contribution in [1.82, 2.24) is 5.32 Å². The van der Waals surface area contributed by atoms with Gasteiger partial charge in [-0.25, -0.2) is 0 Å². The Bertz CT molecular complexity index is 1060. The van der Waals surface area contributed by atoms with Crippen molar-refractivity contribution in [2.24, 2.45) is 0 Å². The molecule has 0 saturated heterocycles. The number of carbonyl (C=O) groups excluding carboxylic acids is 1. The summed E-state index contributed by atoms with van der Waals surface area (Å²) in [5, 5.41) is 33.4. The number of nitrogens with one attached hydrogen (secondary N) is 1.